The maximum Gasteiger partial charge on any atom is 0.275 e. The summed E-state index contributed by atoms with van der Waals surface area (Å²) in [5.41, 5.74) is 1.33. The van der Waals surface area contributed by atoms with Crippen LogP contribution in [0.4, 0.5) is 4.39 Å². The first-order valence-corrected chi connectivity index (χ1v) is 7.73. The van der Waals surface area contributed by atoms with Crippen LogP contribution >= 0.6 is 0 Å². The third kappa shape index (κ3) is 3.37. The number of nitrogens with one attached hydrogen (secondary N) is 1. The average Bonchev–Trinajstić information content (AvgIpc) is 3.01. The van der Waals surface area contributed by atoms with E-state index in [1.54, 1.807) is 30.3 Å². The quantitative estimate of drug-likeness (QED) is 0.837. The molecule has 1 aliphatic heterocycles. The van der Waals surface area contributed by atoms with Crippen molar-refractivity contribution in [2.45, 2.75) is 0 Å². The Balaban J connectivity index is 2.00. The van der Waals surface area contributed by atoms with Crippen LogP contribution < -0.4 is 19.5 Å². The molecule has 0 aromatic heterocycles. The third-order valence-corrected chi connectivity index (χ3v) is 3.79. The van der Waals surface area contributed by atoms with E-state index in [4.69, 9.17) is 14.2 Å². The van der Waals surface area contributed by atoms with E-state index in [9.17, 15) is 9.18 Å². The number of carbonyl (C=O) groups excluding carboxylic acids is 1. The van der Waals surface area contributed by atoms with Crippen molar-refractivity contribution in [3.8, 4) is 17.2 Å². The minimum atomic E-state index is -0.401. The fraction of sp³-hybridized carbons (Fsp3) is 0.158. The zero-order chi connectivity index (χ0) is 18.7. The van der Waals surface area contributed by atoms with Crippen molar-refractivity contribution in [3.05, 3.63) is 59.0 Å². The van der Waals surface area contributed by atoms with Gasteiger partial charge in [0, 0.05) is 5.56 Å². The molecular weight excluding hydrogens is 339 g/mol. The van der Waals surface area contributed by atoms with Gasteiger partial charge in [-0.05, 0) is 35.9 Å². The van der Waals surface area contributed by atoms with Crippen molar-refractivity contribution < 1.29 is 23.4 Å². The second-order valence-corrected chi connectivity index (χ2v) is 5.41. The smallest absolute Gasteiger partial charge is 0.275 e. The third-order valence-electron chi connectivity index (χ3n) is 3.79. The van der Waals surface area contributed by atoms with E-state index in [-0.39, 0.29) is 11.6 Å². The number of methoxy groups -OCH3 is 3. The molecule has 0 atom stereocenters. The summed E-state index contributed by atoms with van der Waals surface area (Å²) in [7, 11) is 4.53. The zero-order valence-corrected chi connectivity index (χ0v) is 14.5. The minimum Gasteiger partial charge on any atom is -0.493 e. The standard InChI is InChI=1S/C19H17FN2O4/c1-24-15-8-11(9-16(25-2)17(15)26-3)7-14-19(23)22-18(21-14)12-5-4-6-13(20)10-12/h4-10H,1-3H3,(H,21,22,23)/b14-7+. The summed E-state index contributed by atoms with van der Waals surface area (Å²) < 4.78 is 29.3. The van der Waals surface area contributed by atoms with E-state index in [0.717, 1.165) is 0 Å². The van der Waals surface area contributed by atoms with Gasteiger partial charge in [-0.2, -0.15) is 0 Å². The van der Waals surface area contributed by atoms with E-state index in [1.807, 2.05) is 0 Å². The molecule has 1 amide bonds. The van der Waals surface area contributed by atoms with Crippen molar-refractivity contribution in [2.75, 3.05) is 21.3 Å². The fourth-order valence-electron chi connectivity index (χ4n) is 2.58. The number of amidine groups is 1. The summed E-state index contributed by atoms with van der Waals surface area (Å²) in [5, 5.41) is 2.64. The molecular formula is C19H17FN2O4. The Bertz CT molecular complexity index is 897. The summed E-state index contributed by atoms with van der Waals surface area (Å²) in [6, 6.07) is 9.27. The topological polar surface area (TPSA) is 69.2 Å². The van der Waals surface area contributed by atoms with E-state index in [0.29, 0.717) is 34.2 Å². The number of carbonyl (C=O) groups is 1. The first kappa shape index (κ1) is 17.5. The molecule has 0 aliphatic carbocycles. The van der Waals surface area contributed by atoms with Crippen molar-refractivity contribution in [3.63, 3.8) is 0 Å². The number of rotatable bonds is 5. The number of benzene rings is 2. The number of amides is 1. The number of nitrogens with zero attached hydrogens (tertiary/aromatic N) is 1. The lowest BCUT2D eigenvalue weighted by Crippen LogP contribution is -2.24. The van der Waals surface area contributed by atoms with E-state index in [1.165, 1.54) is 33.5 Å². The molecule has 0 saturated carbocycles. The molecule has 1 N–H and O–H groups in total. The summed E-state index contributed by atoms with van der Waals surface area (Å²) in [6.07, 6.45) is 1.59. The Kier molecular flexibility index (Phi) is 4.88. The zero-order valence-electron chi connectivity index (χ0n) is 14.5. The van der Waals surface area contributed by atoms with Crippen LogP contribution in [0.3, 0.4) is 0 Å². The van der Waals surface area contributed by atoms with Crippen LogP contribution in [0.25, 0.3) is 6.08 Å². The molecule has 1 aliphatic rings. The van der Waals surface area contributed by atoms with Crippen LogP contribution in [0.15, 0.2) is 47.1 Å². The number of hydrogen-bond donors (Lipinski definition) is 1. The molecule has 0 radical (unpaired) electrons. The van der Waals surface area contributed by atoms with Gasteiger partial charge in [0.1, 0.15) is 17.3 Å². The van der Waals surface area contributed by atoms with Crippen LogP contribution in [0.5, 0.6) is 17.2 Å². The van der Waals surface area contributed by atoms with Gasteiger partial charge in [0.15, 0.2) is 11.5 Å². The summed E-state index contributed by atoms with van der Waals surface area (Å²) in [4.78, 5) is 16.5. The SMILES string of the molecule is COc1cc(/C=C2/N=C(c3cccc(F)c3)NC2=O)cc(OC)c1OC. The van der Waals surface area contributed by atoms with Crippen LogP contribution in [-0.4, -0.2) is 33.1 Å². The number of halogens is 1. The van der Waals surface area contributed by atoms with Gasteiger partial charge in [-0.1, -0.05) is 12.1 Å². The lowest BCUT2D eigenvalue weighted by molar-refractivity contribution is -0.115. The highest BCUT2D eigenvalue weighted by molar-refractivity contribution is 6.19. The van der Waals surface area contributed by atoms with Gasteiger partial charge in [0.05, 0.1) is 21.3 Å². The molecule has 0 unspecified atom stereocenters. The lowest BCUT2D eigenvalue weighted by Gasteiger charge is -2.12. The van der Waals surface area contributed by atoms with Crippen molar-refractivity contribution in [1.29, 1.82) is 0 Å². The average molecular weight is 356 g/mol. The Morgan fingerprint density at radius 2 is 1.73 bits per heavy atom. The normalized spacial score (nSPS) is 14.8. The van der Waals surface area contributed by atoms with E-state index in [2.05, 4.69) is 10.3 Å². The van der Waals surface area contributed by atoms with Gasteiger partial charge in [-0.3, -0.25) is 4.79 Å². The Morgan fingerprint density at radius 3 is 2.31 bits per heavy atom. The highest BCUT2D eigenvalue weighted by Gasteiger charge is 2.22. The molecule has 0 bridgehead atoms. The molecule has 0 fully saturated rings. The molecule has 1 heterocycles. The second kappa shape index (κ2) is 7.26. The maximum atomic E-state index is 13.4. The minimum absolute atomic E-state index is 0.193. The molecule has 26 heavy (non-hydrogen) atoms. The summed E-state index contributed by atoms with van der Waals surface area (Å²) in [6.45, 7) is 0. The van der Waals surface area contributed by atoms with Gasteiger partial charge >= 0.3 is 0 Å². The predicted octanol–water partition coefficient (Wildman–Crippen LogP) is 2.77. The Morgan fingerprint density at radius 1 is 1.04 bits per heavy atom. The monoisotopic (exact) mass is 356 g/mol. The summed E-state index contributed by atoms with van der Waals surface area (Å²) >= 11 is 0. The van der Waals surface area contributed by atoms with E-state index < -0.39 is 5.82 Å². The molecule has 0 spiro atoms. The molecule has 134 valence electrons. The number of aliphatic imine (C=N–C) groups is 1. The van der Waals surface area contributed by atoms with Crippen molar-refractivity contribution in [2.24, 2.45) is 4.99 Å². The number of ether oxygens (including phenoxy) is 3. The molecule has 0 saturated heterocycles. The van der Waals surface area contributed by atoms with E-state index >= 15 is 0 Å². The van der Waals surface area contributed by atoms with Gasteiger partial charge in [-0.25, -0.2) is 9.38 Å². The van der Waals surface area contributed by atoms with Crippen LogP contribution in [0.1, 0.15) is 11.1 Å². The second-order valence-electron chi connectivity index (χ2n) is 5.41. The van der Waals surface area contributed by atoms with Crippen molar-refractivity contribution >= 4 is 17.8 Å². The van der Waals surface area contributed by atoms with Crippen molar-refractivity contribution in [1.82, 2.24) is 5.32 Å². The largest absolute Gasteiger partial charge is 0.493 e. The summed E-state index contributed by atoms with van der Waals surface area (Å²) in [5.74, 6) is 0.905. The molecule has 3 rings (SSSR count). The first-order chi connectivity index (χ1) is 12.5. The highest BCUT2D eigenvalue weighted by atomic mass is 19.1. The van der Waals surface area contributed by atoms with Gasteiger partial charge in [0.25, 0.3) is 5.91 Å². The van der Waals surface area contributed by atoms with Gasteiger partial charge in [0.2, 0.25) is 5.75 Å². The highest BCUT2D eigenvalue weighted by Crippen LogP contribution is 2.38. The van der Waals surface area contributed by atoms with Gasteiger partial charge < -0.3 is 19.5 Å². The molecule has 2 aromatic carbocycles. The first-order valence-electron chi connectivity index (χ1n) is 7.73. The number of hydrogen-bond acceptors (Lipinski definition) is 5. The van der Waals surface area contributed by atoms with Crippen LogP contribution in [-0.2, 0) is 4.79 Å². The van der Waals surface area contributed by atoms with Crippen LogP contribution in [0.2, 0.25) is 0 Å². The lowest BCUT2D eigenvalue weighted by atomic mass is 10.1. The Labute approximate surface area is 149 Å². The predicted molar refractivity (Wildman–Crippen MR) is 95.2 cm³/mol. The van der Waals surface area contributed by atoms with Crippen LogP contribution in [0, 0.1) is 5.82 Å². The Hall–Kier alpha value is -3.35. The molecule has 2 aromatic rings. The van der Waals surface area contributed by atoms with Gasteiger partial charge in [-0.15, -0.1) is 0 Å². The maximum absolute atomic E-state index is 13.4. The molecule has 7 heteroatoms. The fourth-order valence-corrected chi connectivity index (χ4v) is 2.58. The molecule has 6 nitrogen and oxygen atoms in total.